The van der Waals surface area contributed by atoms with E-state index in [0.717, 1.165) is 38.8 Å². The molecule has 1 saturated heterocycles. The van der Waals surface area contributed by atoms with Crippen LogP contribution in [-0.4, -0.2) is 43.3 Å². The van der Waals surface area contributed by atoms with E-state index in [0.29, 0.717) is 18.9 Å². The minimum Gasteiger partial charge on any atom is -0.493 e. The summed E-state index contributed by atoms with van der Waals surface area (Å²) in [5, 5.41) is 3.45. The van der Waals surface area contributed by atoms with Gasteiger partial charge in [0.2, 0.25) is 0 Å². The molecule has 1 heterocycles. The van der Waals surface area contributed by atoms with Gasteiger partial charge in [-0.1, -0.05) is 38.3 Å². The summed E-state index contributed by atoms with van der Waals surface area (Å²) in [6.45, 7) is 6.51. The zero-order valence-corrected chi connectivity index (χ0v) is 16.3. The molecule has 146 valence electrons. The van der Waals surface area contributed by atoms with Crippen LogP contribution in [0.2, 0.25) is 5.02 Å². The highest BCUT2D eigenvalue weighted by Gasteiger charge is 2.26. The van der Waals surface area contributed by atoms with E-state index in [9.17, 15) is 9.18 Å². The standard InChI is InChI=1S/C19H28ClFN2O3/c1-3-5-6-9-25-15-10-17(20)16(18(21)11-15)13-26-19(24)23-8-7-22-12-14(23)4-2/h10-11,14,22H,3-9,12-13H2,1-2H3/t14-/m1/s1. The SMILES string of the molecule is CCCCCOc1cc(F)c(COC(=O)N2CCNC[C@H]2CC)c(Cl)c1. The second-order valence-electron chi connectivity index (χ2n) is 6.44. The van der Waals surface area contributed by atoms with Crippen molar-refractivity contribution in [2.75, 3.05) is 26.2 Å². The molecule has 0 bridgehead atoms. The fraction of sp³-hybridized carbons (Fsp3) is 0.632. The van der Waals surface area contributed by atoms with Crippen LogP contribution >= 0.6 is 11.6 Å². The highest BCUT2D eigenvalue weighted by Crippen LogP contribution is 2.27. The first-order valence-corrected chi connectivity index (χ1v) is 9.69. The van der Waals surface area contributed by atoms with Crippen molar-refractivity contribution in [1.29, 1.82) is 0 Å². The molecule has 0 aliphatic carbocycles. The van der Waals surface area contributed by atoms with Gasteiger partial charge in [-0.2, -0.15) is 0 Å². The maximum atomic E-state index is 14.3. The summed E-state index contributed by atoms with van der Waals surface area (Å²) in [4.78, 5) is 14.0. The molecule has 0 unspecified atom stereocenters. The number of nitrogens with zero attached hydrogens (tertiary/aromatic N) is 1. The van der Waals surface area contributed by atoms with Crippen LogP contribution in [-0.2, 0) is 11.3 Å². The molecular formula is C19H28ClFN2O3. The van der Waals surface area contributed by atoms with Gasteiger partial charge in [0.15, 0.2) is 0 Å². The van der Waals surface area contributed by atoms with Gasteiger partial charge in [-0.15, -0.1) is 0 Å². The van der Waals surface area contributed by atoms with Crippen molar-refractivity contribution < 1.29 is 18.7 Å². The van der Waals surface area contributed by atoms with E-state index in [4.69, 9.17) is 21.1 Å². The zero-order chi connectivity index (χ0) is 18.9. The number of unbranched alkanes of at least 4 members (excludes halogenated alkanes) is 2. The van der Waals surface area contributed by atoms with E-state index in [-0.39, 0.29) is 23.2 Å². The molecule has 0 radical (unpaired) electrons. The van der Waals surface area contributed by atoms with Gasteiger partial charge in [-0.3, -0.25) is 0 Å². The number of piperazine rings is 1. The van der Waals surface area contributed by atoms with Crippen molar-refractivity contribution in [1.82, 2.24) is 10.2 Å². The maximum Gasteiger partial charge on any atom is 0.410 e. The van der Waals surface area contributed by atoms with E-state index >= 15 is 0 Å². The summed E-state index contributed by atoms with van der Waals surface area (Å²) < 4.78 is 25.2. The minimum absolute atomic E-state index is 0.0930. The van der Waals surface area contributed by atoms with Crippen molar-refractivity contribution in [2.45, 2.75) is 52.2 Å². The van der Waals surface area contributed by atoms with Crippen LogP contribution in [0.3, 0.4) is 0 Å². The van der Waals surface area contributed by atoms with Crippen molar-refractivity contribution in [3.63, 3.8) is 0 Å². The topological polar surface area (TPSA) is 50.8 Å². The lowest BCUT2D eigenvalue weighted by molar-refractivity contribution is 0.0707. The molecule has 7 heteroatoms. The Kier molecular flexibility index (Phi) is 8.45. The Morgan fingerprint density at radius 1 is 1.38 bits per heavy atom. The first kappa shape index (κ1) is 20.8. The Morgan fingerprint density at radius 2 is 2.19 bits per heavy atom. The molecule has 26 heavy (non-hydrogen) atoms. The van der Waals surface area contributed by atoms with Gasteiger partial charge in [-0.25, -0.2) is 9.18 Å². The molecule has 1 aromatic carbocycles. The second kappa shape index (κ2) is 10.6. The lowest BCUT2D eigenvalue weighted by Crippen LogP contribution is -2.53. The molecule has 1 fully saturated rings. The lowest BCUT2D eigenvalue weighted by Gasteiger charge is -2.34. The Bertz CT molecular complexity index is 577. The number of halogens is 2. The number of nitrogens with one attached hydrogen (secondary N) is 1. The van der Waals surface area contributed by atoms with Crippen LogP contribution in [0.15, 0.2) is 12.1 Å². The molecule has 1 aliphatic rings. The van der Waals surface area contributed by atoms with E-state index in [1.54, 1.807) is 11.0 Å². The van der Waals surface area contributed by atoms with Crippen LogP contribution in [0.4, 0.5) is 9.18 Å². The summed E-state index contributed by atoms with van der Waals surface area (Å²) in [7, 11) is 0. The number of carbonyl (C=O) groups excluding carboxylic acids is 1. The van der Waals surface area contributed by atoms with E-state index in [2.05, 4.69) is 12.2 Å². The molecule has 1 amide bonds. The summed E-state index contributed by atoms with van der Waals surface area (Å²) >= 11 is 6.17. The van der Waals surface area contributed by atoms with E-state index in [1.807, 2.05) is 6.92 Å². The highest BCUT2D eigenvalue weighted by molar-refractivity contribution is 6.31. The number of benzene rings is 1. The summed E-state index contributed by atoms with van der Waals surface area (Å²) in [6, 6.07) is 2.95. The van der Waals surface area contributed by atoms with Gasteiger partial charge in [0.1, 0.15) is 18.2 Å². The molecule has 0 spiro atoms. The monoisotopic (exact) mass is 386 g/mol. The summed E-state index contributed by atoms with van der Waals surface area (Å²) in [6.07, 6.45) is 3.47. The fourth-order valence-electron chi connectivity index (χ4n) is 2.93. The molecule has 1 atom stereocenters. The molecule has 1 aromatic rings. The van der Waals surface area contributed by atoms with Crippen LogP contribution < -0.4 is 10.1 Å². The number of ether oxygens (including phenoxy) is 2. The number of amides is 1. The third-order valence-corrected chi connectivity index (χ3v) is 4.86. The first-order chi connectivity index (χ1) is 12.6. The first-order valence-electron chi connectivity index (χ1n) is 9.31. The van der Waals surface area contributed by atoms with E-state index < -0.39 is 11.9 Å². The van der Waals surface area contributed by atoms with Gasteiger partial charge >= 0.3 is 6.09 Å². The van der Waals surface area contributed by atoms with E-state index in [1.165, 1.54) is 6.07 Å². The number of hydrogen-bond donors (Lipinski definition) is 1. The van der Waals surface area contributed by atoms with Crippen molar-refractivity contribution >= 4 is 17.7 Å². The average Bonchev–Trinajstić information content (AvgIpc) is 2.64. The maximum absolute atomic E-state index is 14.3. The third-order valence-electron chi connectivity index (χ3n) is 4.53. The molecule has 2 rings (SSSR count). The lowest BCUT2D eigenvalue weighted by atomic mass is 10.1. The van der Waals surface area contributed by atoms with Crippen molar-refractivity contribution in [3.05, 3.63) is 28.5 Å². The molecule has 0 aromatic heterocycles. The average molecular weight is 387 g/mol. The Labute approximate surface area is 159 Å². The smallest absolute Gasteiger partial charge is 0.410 e. The molecule has 5 nitrogen and oxygen atoms in total. The van der Waals surface area contributed by atoms with Gasteiger partial charge in [0, 0.05) is 37.3 Å². The van der Waals surface area contributed by atoms with Gasteiger partial charge in [-0.05, 0) is 18.9 Å². The van der Waals surface area contributed by atoms with Gasteiger partial charge in [0.05, 0.1) is 11.6 Å². The second-order valence-corrected chi connectivity index (χ2v) is 6.84. The minimum atomic E-state index is -0.525. The Balaban J connectivity index is 1.93. The highest BCUT2D eigenvalue weighted by atomic mass is 35.5. The molecule has 1 aliphatic heterocycles. The summed E-state index contributed by atoms with van der Waals surface area (Å²) in [5.41, 5.74) is 0.170. The predicted molar refractivity (Wildman–Crippen MR) is 100 cm³/mol. The number of hydrogen-bond acceptors (Lipinski definition) is 4. The Hall–Kier alpha value is -1.53. The third kappa shape index (κ3) is 5.74. The zero-order valence-electron chi connectivity index (χ0n) is 15.5. The van der Waals surface area contributed by atoms with Crippen molar-refractivity contribution in [3.8, 4) is 5.75 Å². The number of rotatable bonds is 8. The Morgan fingerprint density at radius 3 is 2.88 bits per heavy atom. The number of carbonyl (C=O) groups is 1. The van der Waals surface area contributed by atoms with Crippen LogP contribution in [0.25, 0.3) is 0 Å². The molecule has 0 saturated carbocycles. The summed E-state index contributed by atoms with van der Waals surface area (Å²) in [5.74, 6) is -0.130. The van der Waals surface area contributed by atoms with Crippen LogP contribution in [0.1, 0.15) is 45.1 Å². The quantitative estimate of drug-likeness (QED) is 0.674. The van der Waals surface area contributed by atoms with Crippen molar-refractivity contribution in [2.24, 2.45) is 0 Å². The molecular weight excluding hydrogens is 359 g/mol. The van der Waals surface area contributed by atoms with Gasteiger partial charge < -0.3 is 19.7 Å². The van der Waals surface area contributed by atoms with Crippen LogP contribution in [0.5, 0.6) is 5.75 Å². The largest absolute Gasteiger partial charge is 0.493 e. The molecule has 1 N–H and O–H groups in total. The fourth-order valence-corrected chi connectivity index (χ4v) is 3.18. The van der Waals surface area contributed by atoms with Gasteiger partial charge in [0.25, 0.3) is 0 Å². The normalized spacial score (nSPS) is 17.2. The predicted octanol–water partition coefficient (Wildman–Crippen LogP) is 4.37. The van der Waals surface area contributed by atoms with Crippen LogP contribution in [0, 0.1) is 5.82 Å².